The first-order valence-corrected chi connectivity index (χ1v) is 8.90. The fraction of sp³-hybridized carbons (Fsp3) is 0.357. The predicted octanol–water partition coefficient (Wildman–Crippen LogP) is 2.89. The van der Waals surface area contributed by atoms with Crippen molar-refractivity contribution in [3.05, 3.63) is 40.3 Å². The van der Waals surface area contributed by atoms with Gasteiger partial charge < -0.3 is 4.74 Å². The van der Waals surface area contributed by atoms with Crippen molar-refractivity contribution in [3.63, 3.8) is 0 Å². The van der Waals surface area contributed by atoms with Crippen LogP contribution in [0.15, 0.2) is 34.7 Å². The minimum Gasteiger partial charge on any atom is -0.495 e. The first-order chi connectivity index (χ1) is 9.97. The van der Waals surface area contributed by atoms with Crippen LogP contribution >= 0.6 is 11.3 Å². The highest BCUT2D eigenvalue weighted by Crippen LogP contribution is 2.27. The Labute approximate surface area is 129 Å². The lowest BCUT2D eigenvalue weighted by molar-refractivity contribution is 0.401. The number of hydrogen-bond acceptors (Lipinski definition) is 5. The molecule has 0 aliphatic heterocycles. The molecule has 0 bridgehead atoms. The number of rotatable bonds is 6. The molecule has 114 valence electrons. The fourth-order valence-corrected chi connectivity index (χ4v) is 4.34. The van der Waals surface area contributed by atoms with E-state index in [2.05, 4.69) is 9.71 Å². The van der Waals surface area contributed by atoms with Crippen LogP contribution in [-0.2, 0) is 10.0 Å². The van der Waals surface area contributed by atoms with Crippen LogP contribution < -0.4 is 9.46 Å². The molecule has 0 aliphatic rings. The van der Waals surface area contributed by atoms with Gasteiger partial charge in [-0.15, -0.1) is 11.3 Å². The molecule has 0 unspecified atom stereocenters. The van der Waals surface area contributed by atoms with E-state index in [1.807, 2.05) is 25.3 Å². The molecule has 0 fully saturated rings. The molecule has 0 aliphatic carbocycles. The second-order valence-electron chi connectivity index (χ2n) is 4.61. The summed E-state index contributed by atoms with van der Waals surface area (Å²) < 4.78 is 33.1. The lowest BCUT2D eigenvalue weighted by Crippen LogP contribution is -2.28. The molecule has 0 radical (unpaired) electrons. The monoisotopic (exact) mass is 326 g/mol. The highest BCUT2D eigenvalue weighted by atomic mass is 32.2. The van der Waals surface area contributed by atoms with Crippen LogP contribution in [-0.4, -0.2) is 20.5 Å². The van der Waals surface area contributed by atoms with Gasteiger partial charge in [-0.25, -0.2) is 18.1 Å². The first-order valence-electron chi connectivity index (χ1n) is 6.54. The van der Waals surface area contributed by atoms with Crippen molar-refractivity contribution in [2.24, 2.45) is 0 Å². The zero-order chi connectivity index (χ0) is 15.5. The van der Waals surface area contributed by atoms with E-state index in [1.165, 1.54) is 18.4 Å². The van der Waals surface area contributed by atoms with E-state index in [0.29, 0.717) is 12.2 Å². The van der Waals surface area contributed by atoms with Crippen molar-refractivity contribution in [1.29, 1.82) is 0 Å². The Bertz CT molecular complexity index is 697. The Morgan fingerprint density at radius 3 is 2.76 bits per heavy atom. The van der Waals surface area contributed by atoms with Crippen LogP contribution in [0.4, 0.5) is 0 Å². The highest BCUT2D eigenvalue weighted by molar-refractivity contribution is 7.89. The first kappa shape index (κ1) is 15.9. The SMILES string of the molecule is CC[C@H](NS(=O)(=O)c1cc(C)ccc1OC)c1nccs1. The molecular formula is C14H18N2O3S2. The van der Waals surface area contributed by atoms with Crippen LogP contribution in [0.1, 0.15) is 30.0 Å². The fourth-order valence-electron chi connectivity index (χ4n) is 1.96. The Balaban J connectivity index is 2.36. The van der Waals surface area contributed by atoms with E-state index >= 15 is 0 Å². The van der Waals surface area contributed by atoms with Gasteiger partial charge in [0.15, 0.2) is 0 Å². The minimum absolute atomic E-state index is 0.153. The van der Waals surface area contributed by atoms with Crippen LogP contribution in [0, 0.1) is 6.92 Å². The van der Waals surface area contributed by atoms with Crippen molar-refractivity contribution in [2.45, 2.75) is 31.2 Å². The third-order valence-electron chi connectivity index (χ3n) is 3.06. The van der Waals surface area contributed by atoms with Gasteiger partial charge in [-0.3, -0.25) is 0 Å². The van der Waals surface area contributed by atoms with Crippen molar-refractivity contribution < 1.29 is 13.2 Å². The van der Waals surface area contributed by atoms with E-state index in [4.69, 9.17) is 4.74 Å². The second kappa shape index (κ2) is 6.55. The predicted molar refractivity (Wildman–Crippen MR) is 83.2 cm³/mol. The molecule has 0 saturated carbocycles. The molecule has 1 aromatic heterocycles. The molecule has 2 aromatic rings. The number of hydrogen-bond donors (Lipinski definition) is 1. The Hall–Kier alpha value is -1.44. The Kier molecular flexibility index (Phi) is 4.97. The van der Waals surface area contributed by atoms with Gasteiger partial charge in [0.2, 0.25) is 10.0 Å². The summed E-state index contributed by atoms with van der Waals surface area (Å²) in [6, 6.07) is 4.75. The van der Waals surface area contributed by atoms with Gasteiger partial charge in [0.25, 0.3) is 0 Å². The van der Waals surface area contributed by atoms with E-state index in [9.17, 15) is 8.42 Å². The summed E-state index contributed by atoms with van der Waals surface area (Å²) in [7, 11) is -2.21. The number of ether oxygens (including phenoxy) is 1. The molecule has 7 heteroatoms. The quantitative estimate of drug-likeness (QED) is 0.886. The Morgan fingerprint density at radius 2 is 2.19 bits per heavy atom. The standard InChI is InChI=1S/C14H18N2O3S2/c1-4-11(14-15-7-8-20-14)16-21(17,18)13-9-10(2)5-6-12(13)19-3/h5-9,11,16H,4H2,1-3H3/t11-/m0/s1. The van der Waals surface area contributed by atoms with Gasteiger partial charge in [-0.1, -0.05) is 13.0 Å². The summed E-state index contributed by atoms with van der Waals surface area (Å²) in [5.41, 5.74) is 0.860. The summed E-state index contributed by atoms with van der Waals surface area (Å²) in [6.45, 7) is 3.76. The minimum atomic E-state index is -3.67. The molecule has 0 spiro atoms. The molecule has 1 aromatic carbocycles. The van der Waals surface area contributed by atoms with Crippen molar-refractivity contribution >= 4 is 21.4 Å². The lowest BCUT2D eigenvalue weighted by atomic mass is 10.2. The number of nitrogens with zero attached hydrogens (tertiary/aromatic N) is 1. The number of aryl methyl sites for hydroxylation is 1. The maximum Gasteiger partial charge on any atom is 0.244 e. The highest BCUT2D eigenvalue weighted by Gasteiger charge is 2.24. The van der Waals surface area contributed by atoms with Gasteiger partial charge >= 0.3 is 0 Å². The topological polar surface area (TPSA) is 68.3 Å². The number of aromatic nitrogens is 1. The molecule has 1 heterocycles. The summed E-state index contributed by atoms with van der Waals surface area (Å²) in [6.07, 6.45) is 2.30. The van der Waals surface area contributed by atoms with Gasteiger partial charge in [-0.05, 0) is 31.0 Å². The van der Waals surface area contributed by atoms with E-state index in [1.54, 1.807) is 18.3 Å². The van der Waals surface area contributed by atoms with Crippen LogP contribution in [0.2, 0.25) is 0 Å². The third kappa shape index (κ3) is 3.61. The number of sulfonamides is 1. The average Bonchev–Trinajstić information content (AvgIpc) is 2.99. The van der Waals surface area contributed by atoms with Gasteiger partial charge in [-0.2, -0.15) is 0 Å². The number of benzene rings is 1. The second-order valence-corrected chi connectivity index (χ2v) is 7.22. The zero-order valence-electron chi connectivity index (χ0n) is 12.2. The maximum atomic E-state index is 12.6. The van der Waals surface area contributed by atoms with Gasteiger partial charge in [0.05, 0.1) is 13.2 Å². The number of thiazole rings is 1. The normalized spacial score (nSPS) is 13.1. The van der Waals surface area contributed by atoms with Crippen LogP contribution in [0.3, 0.4) is 0 Å². The number of nitrogens with one attached hydrogen (secondary N) is 1. The van der Waals surface area contributed by atoms with Crippen molar-refractivity contribution in [1.82, 2.24) is 9.71 Å². The molecule has 0 amide bonds. The molecule has 1 atom stereocenters. The summed E-state index contributed by atoms with van der Waals surface area (Å²) in [5, 5.41) is 2.59. The van der Waals surface area contributed by atoms with Crippen molar-refractivity contribution in [3.8, 4) is 5.75 Å². The average molecular weight is 326 g/mol. The maximum absolute atomic E-state index is 12.6. The lowest BCUT2D eigenvalue weighted by Gasteiger charge is -2.16. The zero-order valence-corrected chi connectivity index (χ0v) is 13.8. The Morgan fingerprint density at radius 1 is 1.43 bits per heavy atom. The summed E-state index contributed by atoms with van der Waals surface area (Å²) in [4.78, 5) is 4.34. The molecule has 21 heavy (non-hydrogen) atoms. The van der Waals surface area contributed by atoms with Gasteiger partial charge in [0, 0.05) is 11.6 Å². The smallest absolute Gasteiger partial charge is 0.244 e. The largest absolute Gasteiger partial charge is 0.495 e. The third-order valence-corrected chi connectivity index (χ3v) is 5.45. The van der Waals surface area contributed by atoms with Gasteiger partial charge in [0.1, 0.15) is 15.7 Å². The molecule has 1 N–H and O–H groups in total. The molecule has 2 rings (SSSR count). The van der Waals surface area contributed by atoms with Crippen LogP contribution in [0.5, 0.6) is 5.75 Å². The summed E-state index contributed by atoms with van der Waals surface area (Å²) in [5.74, 6) is 0.335. The molecule has 5 nitrogen and oxygen atoms in total. The summed E-state index contributed by atoms with van der Waals surface area (Å²) >= 11 is 1.44. The number of methoxy groups -OCH3 is 1. The van der Waals surface area contributed by atoms with E-state index in [-0.39, 0.29) is 10.9 Å². The molecular weight excluding hydrogens is 308 g/mol. The van der Waals surface area contributed by atoms with E-state index < -0.39 is 10.0 Å². The van der Waals surface area contributed by atoms with Crippen LogP contribution in [0.25, 0.3) is 0 Å². The molecule has 0 saturated heterocycles. The van der Waals surface area contributed by atoms with E-state index in [0.717, 1.165) is 10.6 Å². The van der Waals surface area contributed by atoms with Crippen molar-refractivity contribution in [2.75, 3.05) is 7.11 Å².